The van der Waals surface area contributed by atoms with E-state index in [0.717, 1.165) is 31.8 Å². The zero-order chi connectivity index (χ0) is 8.10. The van der Waals surface area contributed by atoms with Gasteiger partial charge in [0.1, 0.15) is 0 Å². The van der Waals surface area contributed by atoms with Crippen LogP contribution < -0.4 is 0 Å². The second-order valence-electron chi connectivity index (χ2n) is 3.00. The molecule has 3 heteroatoms. The molecule has 2 atom stereocenters. The summed E-state index contributed by atoms with van der Waals surface area (Å²) < 4.78 is 5.28. The summed E-state index contributed by atoms with van der Waals surface area (Å²) >= 11 is 1.70. The maximum absolute atomic E-state index is 9.57. The summed E-state index contributed by atoms with van der Waals surface area (Å²) in [5, 5.41) is 9.57. The molecule has 1 aliphatic heterocycles. The molecule has 0 saturated carbocycles. The van der Waals surface area contributed by atoms with Gasteiger partial charge in [0, 0.05) is 18.3 Å². The van der Waals surface area contributed by atoms with E-state index in [1.54, 1.807) is 11.8 Å². The molecule has 11 heavy (non-hydrogen) atoms. The van der Waals surface area contributed by atoms with Crippen LogP contribution in [0.4, 0.5) is 0 Å². The number of rotatable bonds is 3. The minimum absolute atomic E-state index is 0.162. The van der Waals surface area contributed by atoms with Gasteiger partial charge in [0.25, 0.3) is 0 Å². The molecule has 0 radical (unpaired) electrons. The largest absolute Gasteiger partial charge is 0.392 e. The van der Waals surface area contributed by atoms with E-state index in [2.05, 4.69) is 0 Å². The summed E-state index contributed by atoms with van der Waals surface area (Å²) in [5.74, 6) is 1.23. The third-order valence-corrected chi connectivity index (χ3v) is 2.75. The van der Waals surface area contributed by atoms with Crippen molar-refractivity contribution in [3.63, 3.8) is 0 Å². The number of aliphatic hydroxyl groups excluding tert-OH is 1. The van der Waals surface area contributed by atoms with Crippen molar-refractivity contribution in [3.05, 3.63) is 0 Å². The van der Waals surface area contributed by atoms with Gasteiger partial charge in [0.15, 0.2) is 0 Å². The lowest BCUT2D eigenvalue weighted by Gasteiger charge is -2.26. The molecule has 0 aromatic rings. The Hall–Kier alpha value is 0.270. The van der Waals surface area contributed by atoms with Crippen LogP contribution >= 0.6 is 11.8 Å². The zero-order valence-corrected chi connectivity index (χ0v) is 7.77. The first-order chi connectivity index (χ1) is 5.34. The molecular formula is C8H16O2S. The van der Waals surface area contributed by atoms with Crippen LogP contribution in [0.1, 0.15) is 12.8 Å². The molecule has 0 bridgehead atoms. The van der Waals surface area contributed by atoms with E-state index < -0.39 is 0 Å². The van der Waals surface area contributed by atoms with Gasteiger partial charge in [0.2, 0.25) is 0 Å². The highest BCUT2D eigenvalue weighted by Gasteiger charge is 2.21. The van der Waals surface area contributed by atoms with E-state index in [-0.39, 0.29) is 6.10 Å². The second-order valence-corrected chi connectivity index (χ2v) is 3.91. The Labute approximate surface area is 72.3 Å². The highest BCUT2D eigenvalue weighted by Crippen LogP contribution is 2.19. The van der Waals surface area contributed by atoms with Gasteiger partial charge < -0.3 is 9.84 Å². The second kappa shape index (κ2) is 5.01. The highest BCUT2D eigenvalue weighted by molar-refractivity contribution is 7.98. The molecular weight excluding hydrogens is 160 g/mol. The molecule has 1 saturated heterocycles. The maximum Gasteiger partial charge on any atom is 0.0680 e. The number of aliphatic hydroxyl groups is 1. The molecule has 0 amide bonds. The van der Waals surface area contributed by atoms with Gasteiger partial charge in [-0.2, -0.15) is 11.8 Å². The number of hydrogen-bond donors (Lipinski definition) is 1. The van der Waals surface area contributed by atoms with Crippen LogP contribution in [0, 0.1) is 5.92 Å². The van der Waals surface area contributed by atoms with Crippen molar-refractivity contribution in [2.75, 3.05) is 25.2 Å². The van der Waals surface area contributed by atoms with E-state index in [0.29, 0.717) is 5.92 Å². The van der Waals surface area contributed by atoms with E-state index in [1.807, 2.05) is 6.26 Å². The third-order valence-electron chi connectivity index (χ3n) is 2.08. The lowest BCUT2D eigenvalue weighted by atomic mass is 9.97. The fourth-order valence-electron chi connectivity index (χ4n) is 1.38. The van der Waals surface area contributed by atoms with Gasteiger partial charge in [0.05, 0.1) is 12.7 Å². The minimum Gasteiger partial charge on any atom is -0.392 e. The Balaban J connectivity index is 2.21. The van der Waals surface area contributed by atoms with E-state index in [9.17, 15) is 5.11 Å². The summed E-state index contributed by atoms with van der Waals surface area (Å²) in [7, 11) is 0. The molecule has 0 aromatic heterocycles. The number of thioether (sulfide) groups is 1. The summed E-state index contributed by atoms with van der Waals surface area (Å²) in [6, 6.07) is 0. The van der Waals surface area contributed by atoms with Crippen molar-refractivity contribution >= 4 is 11.8 Å². The van der Waals surface area contributed by atoms with Gasteiger partial charge in [-0.3, -0.25) is 0 Å². The molecule has 1 rings (SSSR count). The molecule has 1 N–H and O–H groups in total. The van der Waals surface area contributed by atoms with E-state index in [4.69, 9.17) is 4.74 Å². The van der Waals surface area contributed by atoms with Crippen molar-refractivity contribution < 1.29 is 9.84 Å². The monoisotopic (exact) mass is 176 g/mol. The lowest BCUT2D eigenvalue weighted by Crippen LogP contribution is -2.30. The van der Waals surface area contributed by atoms with Gasteiger partial charge in [-0.15, -0.1) is 0 Å². The van der Waals surface area contributed by atoms with Gasteiger partial charge in [-0.25, -0.2) is 0 Å². The first-order valence-corrected chi connectivity index (χ1v) is 5.48. The molecule has 1 aliphatic rings. The Morgan fingerprint density at radius 1 is 1.73 bits per heavy atom. The molecule has 1 fully saturated rings. The van der Waals surface area contributed by atoms with Gasteiger partial charge in [-0.05, 0) is 19.1 Å². The highest BCUT2D eigenvalue weighted by atomic mass is 32.2. The zero-order valence-electron chi connectivity index (χ0n) is 6.95. The molecule has 2 nitrogen and oxygen atoms in total. The van der Waals surface area contributed by atoms with Crippen LogP contribution in [0.25, 0.3) is 0 Å². The first-order valence-electron chi connectivity index (χ1n) is 4.09. The fraction of sp³-hybridized carbons (Fsp3) is 1.00. The summed E-state index contributed by atoms with van der Waals surface area (Å²) in [6.45, 7) is 1.63. The van der Waals surface area contributed by atoms with Crippen LogP contribution in [0.2, 0.25) is 0 Å². The minimum atomic E-state index is -0.162. The first kappa shape index (κ1) is 9.36. The average Bonchev–Trinajstić information content (AvgIpc) is 2.07. The smallest absolute Gasteiger partial charge is 0.0680 e. The number of hydrogen-bond acceptors (Lipinski definition) is 3. The summed E-state index contributed by atoms with van der Waals surface area (Å²) in [6.07, 6.45) is 4.09. The van der Waals surface area contributed by atoms with Crippen LogP contribution in [-0.2, 0) is 4.74 Å². The molecule has 66 valence electrons. The average molecular weight is 176 g/mol. The Kier molecular flexibility index (Phi) is 4.26. The Bertz CT molecular complexity index is 102. The normalized spacial score (nSPS) is 28.4. The standard InChI is InChI=1S/C8H16O2S/c1-11-6-8(9)7-3-2-4-10-5-7/h7-9H,2-6H2,1H3. The Morgan fingerprint density at radius 3 is 3.09 bits per heavy atom. The predicted octanol–water partition coefficient (Wildman–Crippen LogP) is 1.14. The van der Waals surface area contributed by atoms with Crippen molar-refractivity contribution in [3.8, 4) is 0 Å². The van der Waals surface area contributed by atoms with Crippen molar-refractivity contribution in [2.24, 2.45) is 5.92 Å². The van der Waals surface area contributed by atoms with E-state index in [1.165, 1.54) is 0 Å². The maximum atomic E-state index is 9.57. The van der Waals surface area contributed by atoms with Crippen molar-refractivity contribution in [1.82, 2.24) is 0 Å². The molecule has 0 aliphatic carbocycles. The van der Waals surface area contributed by atoms with Gasteiger partial charge >= 0.3 is 0 Å². The molecule has 0 aromatic carbocycles. The van der Waals surface area contributed by atoms with Crippen LogP contribution in [-0.4, -0.2) is 36.4 Å². The predicted molar refractivity (Wildman–Crippen MR) is 47.9 cm³/mol. The third kappa shape index (κ3) is 3.01. The molecule has 2 unspecified atom stereocenters. The summed E-state index contributed by atoms with van der Waals surface area (Å²) in [5.41, 5.74) is 0. The van der Waals surface area contributed by atoms with Crippen LogP contribution in [0.5, 0.6) is 0 Å². The Morgan fingerprint density at radius 2 is 2.55 bits per heavy atom. The topological polar surface area (TPSA) is 29.5 Å². The SMILES string of the molecule is CSCC(O)C1CCCOC1. The van der Waals surface area contributed by atoms with Crippen molar-refractivity contribution in [1.29, 1.82) is 0 Å². The van der Waals surface area contributed by atoms with Crippen LogP contribution in [0.3, 0.4) is 0 Å². The van der Waals surface area contributed by atoms with Crippen LogP contribution in [0.15, 0.2) is 0 Å². The van der Waals surface area contributed by atoms with Crippen molar-refractivity contribution in [2.45, 2.75) is 18.9 Å². The quantitative estimate of drug-likeness (QED) is 0.699. The number of ether oxygens (including phenoxy) is 1. The van der Waals surface area contributed by atoms with Gasteiger partial charge in [-0.1, -0.05) is 0 Å². The van der Waals surface area contributed by atoms with E-state index >= 15 is 0 Å². The lowest BCUT2D eigenvalue weighted by molar-refractivity contribution is -0.0000144. The fourth-order valence-corrected chi connectivity index (χ4v) is 1.99. The molecule has 1 heterocycles. The summed E-state index contributed by atoms with van der Waals surface area (Å²) in [4.78, 5) is 0. The molecule has 0 spiro atoms.